The number of carbonyl (C=O) groups excluding carboxylic acids is 2. The highest BCUT2D eigenvalue weighted by Crippen LogP contribution is 2.22. The minimum atomic E-state index is -0.556. The number of anilines is 1. The Bertz CT molecular complexity index is 514. The third-order valence-corrected chi connectivity index (χ3v) is 3.23. The molecule has 1 atom stereocenters. The number of rotatable bonds is 2. The van der Waals surface area contributed by atoms with Crippen LogP contribution < -0.4 is 10.6 Å². The molecule has 5 heteroatoms. The fourth-order valence-electron chi connectivity index (χ4n) is 1.91. The molecule has 4 nitrogen and oxygen atoms in total. The summed E-state index contributed by atoms with van der Waals surface area (Å²) in [6, 6.07) is 2.85. The van der Waals surface area contributed by atoms with Crippen molar-refractivity contribution in [3.05, 3.63) is 29.1 Å². The summed E-state index contributed by atoms with van der Waals surface area (Å²) in [5.74, 6) is -1.03. The van der Waals surface area contributed by atoms with Gasteiger partial charge in [-0.1, -0.05) is 6.07 Å². The molecule has 2 amide bonds. The Balaban J connectivity index is 2.17. The van der Waals surface area contributed by atoms with Gasteiger partial charge in [-0.2, -0.15) is 0 Å². The summed E-state index contributed by atoms with van der Waals surface area (Å²) >= 11 is 0. The zero-order valence-corrected chi connectivity index (χ0v) is 10.3. The van der Waals surface area contributed by atoms with E-state index in [0.29, 0.717) is 17.7 Å². The minimum absolute atomic E-state index is 0.274. The molecule has 18 heavy (non-hydrogen) atoms. The maximum absolute atomic E-state index is 14.0. The second-order valence-electron chi connectivity index (χ2n) is 4.52. The molecule has 0 saturated carbocycles. The number of imide groups is 1. The largest absolute Gasteiger partial charge is 0.371 e. The lowest BCUT2D eigenvalue weighted by molar-refractivity contribution is -0.133. The molecular weight excluding hydrogens is 235 g/mol. The Kier molecular flexibility index (Phi) is 3.32. The van der Waals surface area contributed by atoms with Crippen molar-refractivity contribution in [2.75, 3.05) is 5.32 Å². The van der Waals surface area contributed by atoms with Crippen molar-refractivity contribution >= 4 is 17.5 Å². The van der Waals surface area contributed by atoms with Gasteiger partial charge < -0.3 is 5.32 Å². The van der Waals surface area contributed by atoms with Crippen LogP contribution in [0, 0.1) is 19.7 Å². The predicted octanol–water partition coefficient (Wildman–Crippen LogP) is 1.66. The Labute approximate surface area is 105 Å². The SMILES string of the molecule is Cc1ccc(NC2CCC(=O)NC2=O)c(F)c1C. The van der Waals surface area contributed by atoms with Gasteiger partial charge in [0.25, 0.3) is 0 Å². The van der Waals surface area contributed by atoms with E-state index in [9.17, 15) is 14.0 Å². The summed E-state index contributed by atoms with van der Waals surface area (Å²) in [5.41, 5.74) is 1.72. The molecule has 1 aromatic carbocycles. The van der Waals surface area contributed by atoms with Crippen molar-refractivity contribution in [1.82, 2.24) is 5.32 Å². The van der Waals surface area contributed by atoms with Crippen molar-refractivity contribution in [1.29, 1.82) is 0 Å². The van der Waals surface area contributed by atoms with E-state index in [4.69, 9.17) is 0 Å². The number of benzene rings is 1. The van der Waals surface area contributed by atoms with Crippen molar-refractivity contribution in [2.45, 2.75) is 32.7 Å². The quantitative estimate of drug-likeness (QED) is 0.785. The molecule has 2 N–H and O–H groups in total. The van der Waals surface area contributed by atoms with Gasteiger partial charge in [0.2, 0.25) is 11.8 Å². The summed E-state index contributed by atoms with van der Waals surface area (Å²) in [6.45, 7) is 3.52. The Hall–Kier alpha value is -1.91. The molecular formula is C13H15FN2O2. The number of amides is 2. The third-order valence-electron chi connectivity index (χ3n) is 3.23. The fourth-order valence-corrected chi connectivity index (χ4v) is 1.91. The zero-order valence-electron chi connectivity index (χ0n) is 10.3. The molecule has 0 bridgehead atoms. The van der Waals surface area contributed by atoms with Crippen molar-refractivity contribution in [3.8, 4) is 0 Å². The summed E-state index contributed by atoms with van der Waals surface area (Å²) in [6.07, 6.45) is 0.660. The lowest BCUT2D eigenvalue weighted by atomic mass is 10.0. The highest BCUT2D eigenvalue weighted by molar-refractivity contribution is 6.01. The standard InChI is InChI=1S/C13H15FN2O2/c1-7-3-4-9(12(14)8(7)2)15-10-5-6-11(17)16-13(10)18/h3-4,10,15H,5-6H2,1-2H3,(H,16,17,18). The molecule has 1 unspecified atom stereocenters. The minimum Gasteiger partial charge on any atom is -0.371 e. The molecule has 2 rings (SSSR count). The van der Waals surface area contributed by atoms with Crippen LogP contribution in [0.5, 0.6) is 0 Å². The van der Waals surface area contributed by atoms with Crippen LogP contribution in [0.25, 0.3) is 0 Å². The van der Waals surface area contributed by atoms with Gasteiger partial charge in [0.05, 0.1) is 5.69 Å². The number of hydrogen-bond donors (Lipinski definition) is 2. The van der Waals surface area contributed by atoms with Crippen LogP contribution in [0.3, 0.4) is 0 Å². The number of piperidine rings is 1. The number of nitrogens with one attached hydrogen (secondary N) is 2. The van der Waals surface area contributed by atoms with Crippen LogP contribution in [0.2, 0.25) is 0 Å². The van der Waals surface area contributed by atoms with Gasteiger partial charge >= 0.3 is 0 Å². The van der Waals surface area contributed by atoms with Crippen molar-refractivity contribution < 1.29 is 14.0 Å². The summed E-state index contributed by atoms with van der Waals surface area (Å²) in [7, 11) is 0. The molecule has 96 valence electrons. The highest BCUT2D eigenvalue weighted by atomic mass is 19.1. The first-order chi connectivity index (χ1) is 8.49. The molecule has 1 aromatic rings. The van der Waals surface area contributed by atoms with Crippen LogP contribution in [0.1, 0.15) is 24.0 Å². The normalized spacial score (nSPS) is 19.6. The first-order valence-electron chi connectivity index (χ1n) is 5.85. The van der Waals surface area contributed by atoms with Gasteiger partial charge in [-0.05, 0) is 37.5 Å². The number of carbonyl (C=O) groups is 2. The number of hydrogen-bond acceptors (Lipinski definition) is 3. The topological polar surface area (TPSA) is 58.2 Å². The predicted molar refractivity (Wildman–Crippen MR) is 65.7 cm³/mol. The summed E-state index contributed by atoms with van der Waals surface area (Å²) < 4.78 is 14.0. The first kappa shape index (κ1) is 12.5. The van der Waals surface area contributed by atoms with Crippen molar-refractivity contribution in [3.63, 3.8) is 0 Å². The second kappa shape index (κ2) is 4.76. The molecule has 1 fully saturated rings. The highest BCUT2D eigenvalue weighted by Gasteiger charge is 2.27. The Morgan fingerprint density at radius 2 is 2.06 bits per heavy atom. The molecule has 0 aliphatic carbocycles. The average Bonchev–Trinajstić information content (AvgIpc) is 2.33. The van der Waals surface area contributed by atoms with Crippen molar-refractivity contribution in [2.24, 2.45) is 0 Å². The Morgan fingerprint density at radius 1 is 1.33 bits per heavy atom. The van der Waals surface area contributed by atoms with E-state index >= 15 is 0 Å². The van der Waals surface area contributed by atoms with Gasteiger partial charge in [0.1, 0.15) is 11.9 Å². The maximum atomic E-state index is 14.0. The van der Waals surface area contributed by atoms with Gasteiger partial charge in [0.15, 0.2) is 0 Å². The van der Waals surface area contributed by atoms with Gasteiger partial charge in [-0.3, -0.25) is 14.9 Å². The van der Waals surface area contributed by atoms with Gasteiger partial charge in [-0.25, -0.2) is 4.39 Å². The summed E-state index contributed by atoms with van der Waals surface area (Å²) in [4.78, 5) is 22.6. The molecule has 1 aliphatic heterocycles. The van der Waals surface area contributed by atoms with E-state index in [2.05, 4.69) is 10.6 Å². The van der Waals surface area contributed by atoms with Crippen LogP contribution in [0.4, 0.5) is 10.1 Å². The van der Waals surface area contributed by atoms with E-state index in [1.807, 2.05) is 6.92 Å². The zero-order chi connectivity index (χ0) is 13.3. The average molecular weight is 250 g/mol. The van der Waals surface area contributed by atoms with Gasteiger partial charge in [0, 0.05) is 6.42 Å². The molecule has 1 aliphatic rings. The monoisotopic (exact) mass is 250 g/mol. The lowest BCUT2D eigenvalue weighted by Gasteiger charge is -2.23. The van der Waals surface area contributed by atoms with E-state index in [0.717, 1.165) is 5.56 Å². The molecule has 1 saturated heterocycles. The van der Waals surface area contributed by atoms with Crippen LogP contribution in [0.15, 0.2) is 12.1 Å². The number of halogens is 1. The second-order valence-corrected chi connectivity index (χ2v) is 4.52. The van der Waals surface area contributed by atoms with Crippen LogP contribution in [-0.2, 0) is 9.59 Å². The Morgan fingerprint density at radius 3 is 2.72 bits per heavy atom. The molecule has 1 heterocycles. The van der Waals surface area contributed by atoms with Crippen LogP contribution >= 0.6 is 0 Å². The molecule has 0 spiro atoms. The fraction of sp³-hybridized carbons (Fsp3) is 0.385. The van der Waals surface area contributed by atoms with Crippen LogP contribution in [-0.4, -0.2) is 17.9 Å². The number of aryl methyl sites for hydroxylation is 1. The lowest BCUT2D eigenvalue weighted by Crippen LogP contribution is -2.47. The molecule has 0 aromatic heterocycles. The maximum Gasteiger partial charge on any atom is 0.249 e. The van der Waals surface area contributed by atoms with E-state index in [1.165, 1.54) is 0 Å². The first-order valence-corrected chi connectivity index (χ1v) is 5.85. The third kappa shape index (κ3) is 2.34. The van der Waals surface area contributed by atoms with E-state index < -0.39 is 11.9 Å². The summed E-state index contributed by atoms with van der Waals surface area (Å²) in [5, 5.41) is 5.08. The smallest absolute Gasteiger partial charge is 0.249 e. The van der Waals surface area contributed by atoms with Gasteiger partial charge in [-0.15, -0.1) is 0 Å². The van der Waals surface area contributed by atoms with E-state index in [1.54, 1.807) is 19.1 Å². The molecule has 0 radical (unpaired) electrons. The van der Waals surface area contributed by atoms with E-state index in [-0.39, 0.29) is 18.1 Å².